The number of para-hydroxylation sites is 1. The first-order chi connectivity index (χ1) is 14.8. The van der Waals surface area contributed by atoms with Crippen molar-refractivity contribution >= 4 is 28.4 Å². The number of fused-ring (bicyclic) bond motifs is 3. The fourth-order valence-corrected chi connectivity index (χ4v) is 3.68. The topological polar surface area (TPSA) is 102 Å². The molecular weight excluding hydrogens is 413 g/mol. The van der Waals surface area contributed by atoms with Gasteiger partial charge in [0, 0.05) is 25.2 Å². The van der Waals surface area contributed by atoms with Gasteiger partial charge in [-0.3, -0.25) is 9.48 Å². The number of anilines is 1. The third-order valence-electron chi connectivity index (χ3n) is 5.16. The van der Waals surface area contributed by atoms with Crippen molar-refractivity contribution in [2.45, 2.75) is 25.1 Å². The molecule has 160 valence electrons. The van der Waals surface area contributed by atoms with Crippen molar-refractivity contribution in [1.29, 1.82) is 0 Å². The van der Waals surface area contributed by atoms with Crippen molar-refractivity contribution in [3.8, 4) is 11.4 Å². The Morgan fingerprint density at radius 3 is 2.81 bits per heavy atom. The summed E-state index contributed by atoms with van der Waals surface area (Å²) in [5.74, 6) is 0.0675. The van der Waals surface area contributed by atoms with E-state index in [0.717, 1.165) is 12.5 Å². The molecule has 9 nitrogen and oxygen atoms in total. The molecule has 0 spiro atoms. The van der Waals surface area contributed by atoms with E-state index in [1.165, 1.54) is 16.6 Å². The Bertz CT molecular complexity index is 1310. The van der Waals surface area contributed by atoms with Crippen LogP contribution in [0, 0.1) is 0 Å². The number of carbonyl (C=O) groups excluding carboxylic acids is 1. The Balaban J connectivity index is 1.75. The molecule has 12 heteroatoms. The van der Waals surface area contributed by atoms with Crippen molar-refractivity contribution in [3.63, 3.8) is 0 Å². The molecule has 5 rings (SSSR count). The van der Waals surface area contributed by atoms with Crippen LogP contribution in [0.1, 0.15) is 18.4 Å². The smallest absolute Gasteiger partial charge is 0.354 e. The maximum atomic E-state index is 13.7. The number of alkyl halides is 3. The lowest BCUT2D eigenvalue weighted by Crippen LogP contribution is -2.44. The highest BCUT2D eigenvalue weighted by Crippen LogP contribution is 2.36. The minimum atomic E-state index is -4.60. The number of nitrogens with zero attached hydrogens (tertiary/aromatic N) is 6. The fraction of sp³-hybridized carbons (Fsp3) is 0.316. The zero-order valence-corrected chi connectivity index (χ0v) is 16.3. The molecule has 1 aliphatic heterocycles. The number of piperidine rings is 1. The molecule has 4 heterocycles. The first-order valence-electron chi connectivity index (χ1n) is 9.61. The normalized spacial score (nSPS) is 17.3. The highest BCUT2D eigenvalue weighted by molar-refractivity contribution is 5.95. The minimum Gasteiger partial charge on any atom is -0.354 e. The van der Waals surface area contributed by atoms with E-state index in [9.17, 15) is 18.0 Å². The second-order valence-corrected chi connectivity index (χ2v) is 7.34. The molecule has 1 saturated heterocycles. The highest BCUT2D eigenvalue weighted by Gasteiger charge is 2.34. The third-order valence-corrected chi connectivity index (χ3v) is 5.16. The summed E-state index contributed by atoms with van der Waals surface area (Å²) in [7, 11) is 1.74. The van der Waals surface area contributed by atoms with Gasteiger partial charge in [-0.1, -0.05) is 6.07 Å². The SMILES string of the molecule is Cn1cc(-c2nc3c4cccc(C(F)(F)F)c4nc(N[C@@H]4CCCNC4=O)n3n2)cn1. The lowest BCUT2D eigenvalue weighted by molar-refractivity contribution is -0.136. The Hall–Kier alpha value is -3.70. The molecule has 0 saturated carbocycles. The van der Waals surface area contributed by atoms with Gasteiger partial charge in [0.25, 0.3) is 0 Å². The number of aryl methyl sites for hydroxylation is 1. The number of rotatable bonds is 3. The van der Waals surface area contributed by atoms with Crippen LogP contribution < -0.4 is 10.6 Å². The third kappa shape index (κ3) is 3.33. The van der Waals surface area contributed by atoms with Gasteiger partial charge in [-0.15, -0.1) is 5.10 Å². The first kappa shape index (κ1) is 19.3. The van der Waals surface area contributed by atoms with E-state index in [0.29, 0.717) is 18.5 Å². The van der Waals surface area contributed by atoms with Crippen molar-refractivity contribution in [3.05, 3.63) is 36.2 Å². The quantitative estimate of drug-likeness (QED) is 0.518. The maximum Gasteiger partial charge on any atom is 0.418 e. The molecule has 0 bridgehead atoms. The zero-order chi connectivity index (χ0) is 21.8. The lowest BCUT2D eigenvalue weighted by atomic mass is 10.1. The van der Waals surface area contributed by atoms with E-state index in [4.69, 9.17) is 0 Å². The fourth-order valence-electron chi connectivity index (χ4n) is 3.68. The number of carbonyl (C=O) groups is 1. The second kappa shape index (κ2) is 6.93. The van der Waals surface area contributed by atoms with Crippen molar-refractivity contribution < 1.29 is 18.0 Å². The molecule has 3 aromatic heterocycles. The molecular formula is C19H17F3N8O. The summed E-state index contributed by atoms with van der Waals surface area (Å²) in [4.78, 5) is 20.9. The first-order valence-corrected chi connectivity index (χ1v) is 9.61. The van der Waals surface area contributed by atoms with E-state index >= 15 is 0 Å². The minimum absolute atomic E-state index is 0.0175. The van der Waals surface area contributed by atoms with Gasteiger partial charge in [-0.05, 0) is 25.0 Å². The number of amides is 1. The molecule has 1 aromatic carbocycles. The largest absolute Gasteiger partial charge is 0.418 e. The van der Waals surface area contributed by atoms with E-state index in [1.807, 2.05) is 0 Å². The molecule has 4 aromatic rings. The van der Waals surface area contributed by atoms with Crippen molar-refractivity contribution in [1.82, 2.24) is 34.7 Å². The number of benzene rings is 1. The summed E-state index contributed by atoms with van der Waals surface area (Å²) >= 11 is 0. The van der Waals surface area contributed by atoms with Crippen LogP contribution in [0.3, 0.4) is 0 Å². The van der Waals surface area contributed by atoms with Crippen LogP contribution in [0.4, 0.5) is 19.1 Å². The van der Waals surface area contributed by atoms with Crippen molar-refractivity contribution in [2.75, 3.05) is 11.9 Å². The molecule has 0 aliphatic carbocycles. The molecule has 1 atom stereocenters. The van der Waals surface area contributed by atoms with Crippen LogP contribution in [0.15, 0.2) is 30.6 Å². The van der Waals surface area contributed by atoms with Gasteiger partial charge in [0.05, 0.1) is 22.8 Å². The summed E-state index contributed by atoms with van der Waals surface area (Å²) in [6.45, 7) is 0.560. The molecule has 2 N–H and O–H groups in total. The van der Waals surface area contributed by atoms with Crippen LogP contribution in [0.25, 0.3) is 27.9 Å². The molecule has 31 heavy (non-hydrogen) atoms. The van der Waals surface area contributed by atoms with Crippen LogP contribution in [-0.2, 0) is 18.0 Å². The van der Waals surface area contributed by atoms with Crippen LogP contribution in [0.2, 0.25) is 0 Å². The van der Waals surface area contributed by atoms with Gasteiger partial charge in [0.2, 0.25) is 11.9 Å². The predicted octanol–water partition coefficient (Wildman–Crippen LogP) is 2.39. The van der Waals surface area contributed by atoms with Crippen molar-refractivity contribution in [2.24, 2.45) is 7.05 Å². The van der Waals surface area contributed by atoms with Gasteiger partial charge in [0.15, 0.2) is 11.5 Å². The number of hydrogen-bond acceptors (Lipinski definition) is 6. The van der Waals surface area contributed by atoms with Gasteiger partial charge < -0.3 is 10.6 Å². The van der Waals surface area contributed by atoms with E-state index in [1.54, 1.807) is 24.1 Å². The summed E-state index contributed by atoms with van der Waals surface area (Å²) in [5.41, 5.74) is -0.331. The van der Waals surface area contributed by atoms with Crippen LogP contribution in [0.5, 0.6) is 0 Å². The summed E-state index contributed by atoms with van der Waals surface area (Å²) in [5, 5.41) is 14.4. The summed E-state index contributed by atoms with van der Waals surface area (Å²) in [6, 6.07) is 3.17. The van der Waals surface area contributed by atoms with Gasteiger partial charge in [0.1, 0.15) is 6.04 Å². The zero-order valence-electron chi connectivity index (χ0n) is 16.3. The van der Waals surface area contributed by atoms with Gasteiger partial charge >= 0.3 is 6.18 Å². The highest BCUT2D eigenvalue weighted by atomic mass is 19.4. The number of halogens is 3. The summed E-state index contributed by atoms with van der Waals surface area (Å²) in [6.07, 6.45) is -0.0681. The maximum absolute atomic E-state index is 13.7. The second-order valence-electron chi connectivity index (χ2n) is 7.34. The molecule has 1 amide bonds. The van der Waals surface area contributed by atoms with Crippen LogP contribution in [-0.4, -0.2) is 47.9 Å². The average molecular weight is 430 g/mol. The number of hydrogen-bond donors (Lipinski definition) is 2. The molecule has 1 aliphatic rings. The Kier molecular flexibility index (Phi) is 4.31. The Labute approximate surface area is 173 Å². The standard InChI is InChI=1S/C19H17F3N8O/c1-29-9-10(8-24-29)15-27-16-11-4-2-5-12(19(20,21)22)14(11)26-18(30(16)28-15)25-13-6-3-7-23-17(13)31/h2,4-5,8-9,13H,3,6-7H2,1H3,(H,23,31)(H,25,26)/t13-/m1/s1. The van der Waals surface area contributed by atoms with Crippen LogP contribution >= 0.6 is 0 Å². The molecule has 0 radical (unpaired) electrons. The average Bonchev–Trinajstić information content (AvgIpc) is 3.35. The number of nitrogens with one attached hydrogen (secondary N) is 2. The Morgan fingerprint density at radius 1 is 1.26 bits per heavy atom. The number of aromatic nitrogens is 6. The van der Waals surface area contributed by atoms with Gasteiger partial charge in [-0.25, -0.2) is 9.97 Å². The van der Waals surface area contributed by atoms with Gasteiger partial charge in [-0.2, -0.15) is 22.8 Å². The monoisotopic (exact) mass is 430 g/mol. The predicted molar refractivity (Wildman–Crippen MR) is 105 cm³/mol. The lowest BCUT2D eigenvalue weighted by Gasteiger charge is -2.23. The Morgan fingerprint density at radius 2 is 2.10 bits per heavy atom. The summed E-state index contributed by atoms with van der Waals surface area (Å²) < 4.78 is 43.9. The van der Waals surface area contributed by atoms with E-state index in [-0.39, 0.29) is 34.2 Å². The molecule has 1 fully saturated rings. The van der Waals surface area contributed by atoms with E-state index < -0.39 is 17.8 Å². The molecule has 0 unspecified atom stereocenters. The van der Waals surface area contributed by atoms with E-state index in [2.05, 4.69) is 30.8 Å².